The van der Waals surface area contributed by atoms with Crippen LogP contribution in [-0.4, -0.2) is 0 Å². The van der Waals surface area contributed by atoms with E-state index in [0.29, 0.717) is 6.07 Å². The highest BCUT2D eigenvalue weighted by molar-refractivity contribution is 6.33. The van der Waals surface area contributed by atoms with Crippen LogP contribution < -0.4 is 5.73 Å². The van der Waals surface area contributed by atoms with Gasteiger partial charge in [-0.3, -0.25) is 0 Å². The molecular weight excluding hydrogens is 260 g/mol. The molecule has 2 N–H and O–H groups in total. The van der Waals surface area contributed by atoms with Crippen LogP contribution in [0.3, 0.4) is 0 Å². The van der Waals surface area contributed by atoms with Gasteiger partial charge in [0, 0.05) is 0 Å². The smallest absolute Gasteiger partial charge is 0.397 e. The third-order valence-corrected chi connectivity index (χ3v) is 2.07. The molecule has 1 nitrogen and oxygen atoms in total. The van der Waals surface area contributed by atoms with Gasteiger partial charge in [0.25, 0.3) is 0 Å². The molecule has 0 aliphatic rings. The fourth-order valence-corrected chi connectivity index (χ4v) is 1.24. The summed E-state index contributed by atoms with van der Waals surface area (Å²) in [6.07, 6.45) is -9.88. The van der Waals surface area contributed by atoms with Gasteiger partial charge in [-0.05, 0) is 12.1 Å². The summed E-state index contributed by atoms with van der Waals surface area (Å²) in [7, 11) is 0. The summed E-state index contributed by atoms with van der Waals surface area (Å²) in [5.74, 6) is 0. The SMILES string of the molecule is Nc1c(Cl)cc(C(F)(F)F)cc1C(F)(F)F. The lowest BCUT2D eigenvalue weighted by Gasteiger charge is -2.14. The minimum atomic E-state index is -4.98. The van der Waals surface area contributed by atoms with Gasteiger partial charge < -0.3 is 5.73 Å². The number of alkyl halides is 6. The molecule has 8 heteroatoms. The van der Waals surface area contributed by atoms with E-state index < -0.39 is 34.2 Å². The molecule has 0 radical (unpaired) electrons. The third kappa shape index (κ3) is 2.52. The predicted octanol–water partition coefficient (Wildman–Crippen LogP) is 3.96. The summed E-state index contributed by atoms with van der Waals surface area (Å²) in [5, 5.41) is -0.776. The Bertz CT molecular complexity index is 408. The molecule has 0 aromatic heterocycles. The lowest BCUT2D eigenvalue weighted by atomic mass is 10.1. The van der Waals surface area contributed by atoms with E-state index in [2.05, 4.69) is 0 Å². The normalized spacial score (nSPS) is 12.9. The van der Waals surface area contributed by atoms with Crippen molar-refractivity contribution in [1.29, 1.82) is 0 Å². The summed E-state index contributed by atoms with van der Waals surface area (Å²) in [6, 6.07) is 0.285. The van der Waals surface area contributed by atoms with Crippen molar-refractivity contribution in [1.82, 2.24) is 0 Å². The maximum absolute atomic E-state index is 12.3. The van der Waals surface area contributed by atoms with E-state index in [9.17, 15) is 26.3 Å². The summed E-state index contributed by atoms with van der Waals surface area (Å²) >= 11 is 5.21. The molecule has 0 spiro atoms. The molecule has 0 heterocycles. The molecule has 1 aromatic carbocycles. The molecule has 90 valence electrons. The summed E-state index contributed by atoms with van der Waals surface area (Å²) < 4.78 is 73.5. The van der Waals surface area contributed by atoms with E-state index >= 15 is 0 Å². The van der Waals surface area contributed by atoms with E-state index in [0.717, 1.165) is 0 Å². The number of nitrogens with two attached hydrogens (primary N) is 1. The topological polar surface area (TPSA) is 26.0 Å². The number of hydrogen-bond donors (Lipinski definition) is 1. The molecule has 0 atom stereocenters. The summed E-state index contributed by atoms with van der Waals surface area (Å²) in [4.78, 5) is 0. The van der Waals surface area contributed by atoms with E-state index in [4.69, 9.17) is 17.3 Å². The molecule has 16 heavy (non-hydrogen) atoms. The number of benzene rings is 1. The Morgan fingerprint density at radius 3 is 1.81 bits per heavy atom. The van der Waals surface area contributed by atoms with Crippen LogP contribution in [0.4, 0.5) is 32.0 Å². The van der Waals surface area contributed by atoms with Crippen molar-refractivity contribution in [2.24, 2.45) is 0 Å². The first-order valence-corrected chi connectivity index (χ1v) is 4.14. The molecule has 0 aliphatic carbocycles. The van der Waals surface area contributed by atoms with Gasteiger partial charge in [-0.1, -0.05) is 11.6 Å². The zero-order valence-electron chi connectivity index (χ0n) is 7.38. The van der Waals surface area contributed by atoms with E-state index in [-0.39, 0.29) is 6.07 Å². The van der Waals surface area contributed by atoms with Crippen LogP contribution in [0.2, 0.25) is 5.02 Å². The summed E-state index contributed by atoms with van der Waals surface area (Å²) in [5.41, 5.74) is 0.969. The van der Waals surface area contributed by atoms with Crippen LogP contribution in [0.25, 0.3) is 0 Å². The fourth-order valence-electron chi connectivity index (χ4n) is 1.02. The molecule has 0 unspecified atom stereocenters. The van der Waals surface area contributed by atoms with Gasteiger partial charge in [0.15, 0.2) is 0 Å². The van der Waals surface area contributed by atoms with Crippen molar-refractivity contribution in [2.75, 3.05) is 5.73 Å². The number of halogens is 7. The van der Waals surface area contributed by atoms with Crippen molar-refractivity contribution in [3.05, 3.63) is 28.3 Å². The zero-order valence-corrected chi connectivity index (χ0v) is 8.13. The van der Waals surface area contributed by atoms with Crippen LogP contribution in [0.1, 0.15) is 11.1 Å². The Morgan fingerprint density at radius 1 is 0.938 bits per heavy atom. The average molecular weight is 264 g/mol. The number of rotatable bonds is 0. The van der Waals surface area contributed by atoms with E-state index in [1.807, 2.05) is 0 Å². The van der Waals surface area contributed by atoms with Gasteiger partial charge >= 0.3 is 12.4 Å². The Balaban J connectivity index is 3.46. The van der Waals surface area contributed by atoms with Gasteiger partial charge in [-0.2, -0.15) is 26.3 Å². The average Bonchev–Trinajstić information content (AvgIpc) is 2.05. The second kappa shape index (κ2) is 3.73. The standard InChI is InChI=1S/C8H4ClF6N/c9-5-2-3(7(10,11)12)1-4(6(5)16)8(13,14)15/h1-2H,16H2. The maximum atomic E-state index is 12.3. The van der Waals surface area contributed by atoms with Gasteiger partial charge in [0.1, 0.15) is 0 Å². The van der Waals surface area contributed by atoms with Crippen molar-refractivity contribution in [2.45, 2.75) is 12.4 Å². The first-order valence-electron chi connectivity index (χ1n) is 3.77. The summed E-state index contributed by atoms with van der Waals surface area (Å²) in [6.45, 7) is 0. The maximum Gasteiger partial charge on any atom is 0.418 e. The minimum absolute atomic E-state index is 0.0682. The molecule has 0 saturated heterocycles. The van der Waals surface area contributed by atoms with Crippen molar-refractivity contribution in [3.63, 3.8) is 0 Å². The molecule has 1 aromatic rings. The van der Waals surface area contributed by atoms with E-state index in [1.54, 1.807) is 0 Å². The minimum Gasteiger partial charge on any atom is -0.397 e. The fraction of sp³-hybridized carbons (Fsp3) is 0.250. The predicted molar refractivity (Wildman–Crippen MR) is 45.9 cm³/mol. The van der Waals surface area contributed by atoms with Gasteiger partial charge in [-0.25, -0.2) is 0 Å². The second-order valence-corrected chi connectivity index (χ2v) is 3.32. The van der Waals surface area contributed by atoms with Crippen LogP contribution in [0, 0.1) is 0 Å². The number of hydrogen-bond acceptors (Lipinski definition) is 1. The Labute approximate surface area is 90.8 Å². The lowest BCUT2D eigenvalue weighted by Crippen LogP contribution is -2.13. The quantitative estimate of drug-likeness (QED) is 0.556. The molecular formula is C8H4ClF6N. The Morgan fingerprint density at radius 2 is 1.44 bits per heavy atom. The number of anilines is 1. The van der Waals surface area contributed by atoms with Crippen LogP contribution >= 0.6 is 11.6 Å². The van der Waals surface area contributed by atoms with Crippen LogP contribution in [0.15, 0.2) is 12.1 Å². The Hall–Kier alpha value is -1.11. The van der Waals surface area contributed by atoms with Crippen molar-refractivity contribution >= 4 is 17.3 Å². The largest absolute Gasteiger partial charge is 0.418 e. The highest BCUT2D eigenvalue weighted by Crippen LogP contribution is 2.41. The number of nitrogen functional groups attached to an aromatic ring is 1. The van der Waals surface area contributed by atoms with Crippen LogP contribution in [0.5, 0.6) is 0 Å². The van der Waals surface area contributed by atoms with E-state index in [1.165, 1.54) is 0 Å². The lowest BCUT2D eigenvalue weighted by molar-refractivity contribution is -0.142. The van der Waals surface area contributed by atoms with Gasteiger partial charge in [0.2, 0.25) is 0 Å². The third-order valence-electron chi connectivity index (χ3n) is 1.76. The molecule has 0 saturated carbocycles. The Kier molecular flexibility index (Phi) is 3.02. The van der Waals surface area contributed by atoms with Gasteiger partial charge in [-0.15, -0.1) is 0 Å². The molecule has 0 bridgehead atoms. The first kappa shape index (κ1) is 13.0. The zero-order chi connectivity index (χ0) is 12.7. The van der Waals surface area contributed by atoms with Crippen molar-refractivity contribution < 1.29 is 26.3 Å². The molecule has 0 fully saturated rings. The molecule has 0 amide bonds. The highest BCUT2D eigenvalue weighted by Gasteiger charge is 2.38. The molecule has 0 aliphatic heterocycles. The highest BCUT2D eigenvalue weighted by atomic mass is 35.5. The van der Waals surface area contributed by atoms with Gasteiger partial charge in [0.05, 0.1) is 21.8 Å². The second-order valence-electron chi connectivity index (χ2n) is 2.91. The monoisotopic (exact) mass is 263 g/mol. The van der Waals surface area contributed by atoms with Crippen LogP contribution in [-0.2, 0) is 12.4 Å². The first-order chi connectivity index (χ1) is 7.03. The molecule has 1 rings (SSSR count). The van der Waals surface area contributed by atoms with Crippen molar-refractivity contribution in [3.8, 4) is 0 Å².